The number of aromatic amines is 1. The quantitative estimate of drug-likeness (QED) is 0.850. The largest absolute Gasteiger partial charge is 0.361 e. The summed E-state index contributed by atoms with van der Waals surface area (Å²) in [5.74, 6) is 1.28. The van der Waals surface area contributed by atoms with Gasteiger partial charge in [-0.05, 0) is 18.4 Å². The number of carbonyl (C=O) groups excluding carboxylic acids is 1. The van der Waals surface area contributed by atoms with Crippen LogP contribution in [0.4, 0.5) is 0 Å². The zero-order valence-corrected chi connectivity index (χ0v) is 12.8. The molecular formula is C15H22N4O2. The minimum atomic E-state index is 0.118. The molecule has 0 saturated heterocycles. The molecule has 0 aromatic carbocycles. The SMILES string of the molecule is CC(C)c1cc(CN(C)C(=O)CCCc2cn[nH]c2)no1. The second-order valence-electron chi connectivity index (χ2n) is 5.59. The van der Waals surface area contributed by atoms with Crippen LogP contribution in [0.3, 0.4) is 0 Å². The summed E-state index contributed by atoms with van der Waals surface area (Å²) in [4.78, 5) is 13.8. The number of carbonyl (C=O) groups is 1. The van der Waals surface area contributed by atoms with Crippen molar-refractivity contribution in [3.8, 4) is 0 Å². The normalized spacial score (nSPS) is 11.0. The number of amides is 1. The third kappa shape index (κ3) is 4.44. The summed E-state index contributed by atoms with van der Waals surface area (Å²) in [5, 5.41) is 10.7. The van der Waals surface area contributed by atoms with Crippen molar-refractivity contribution >= 4 is 5.91 Å². The summed E-state index contributed by atoms with van der Waals surface area (Å²) in [6, 6.07) is 1.92. The first kappa shape index (κ1) is 15.3. The molecule has 0 aliphatic heterocycles. The highest BCUT2D eigenvalue weighted by Crippen LogP contribution is 2.16. The minimum Gasteiger partial charge on any atom is -0.361 e. The fraction of sp³-hybridized carbons (Fsp3) is 0.533. The zero-order chi connectivity index (χ0) is 15.2. The third-order valence-electron chi connectivity index (χ3n) is 3.38. The molecule has 0 radical (unpaired) electrons. The first-order valence-corrected chi connectivity index (χ1v) is 7.23. The van der Waals surface area contributed by atoms with Crippen molar-refractivity contribution < 1.29 is 9.32 Å². The van der Waals surface area contributed by atoms with E-state index in [1.165, 1.54) is 0 Å². The first-order chi connectivity index (χ1) is 10.1. The lowest BCUT2D eigenvalue weighted by Gasteiger charge is -2.15. The maximum Gasteiger partial charge on any atom is 0.222 e. The molecule has 0 aliphatic rings. The number of nitrogens with one attached hydrogen (secondary N) is 1. The van der Waals surface area contributed by atoms with Gasteiger partial charge in [0.1, 0.15) is 11.5 Å². The lowest BCUT2D eigenvalue weighted by molar-refractivity contribution is -0.130. The molecule has 6 nitrogen and oxygen atoms in total. The average molecular weight is 290 g/mol. The standard InChI is InChI=1S/C15H22N4O2/c1-11(2)14-7-13(18-21-14)10-19(3)15(20)6-4-5-12-8-16-17-9-12/h7-9,11H,4-6,10H2,1-3H3,(H,16,17). The summed E-state index contributed by atoms with van der Waals surface area (Å²) < 4.78 is 5.24. The monoisotopic (exact) mass is 290 g/mol. The Hall–Kier alpha value is -2.11. The fourth-order valence-corrected chi connectivity index (χ4v) is 2.05. The lowest BCUT2D eigenvalue weighted by atomic mass is 10.1. The van der Waals surface area contributed by atoms with Crippen molar-refractivity contribution in [3.63, 3.8) is 0 Å². The van der Waals surface area contributed by atoms with Gasteiger partial charge in [-0.3, -0.25) is 9.89 Å². The number of hydrogen-bond acceptors (Lipinski definition) is 4. The Morgan fingerprint density at radius 2 is 2.29 bits per heavy atom. The van der Waals surface area contributed by atoms with Crippen molar-refractivity contribution in [1.29, 1.82) is 0 Å². The molecule has 0 unspecified atom stereocenters. The van der Waals surface area contributed by atoms with E-state index in [4.69, 9.17) is 4.52 Å². The predicted molar refractivity (Wildman–Crippen MR) is 78.6 cm³/mol. The zero-order valence-electron chi connectivity index (χ0n) is 12.8. The van der Waals surface area contributed by atoms with Crippen LogP contribution >= 0.6 is 0 Å². The molecule has 0 bridgehead atoms. The predicted octanol–water partition coefficient (Wildman–Crippen LogP) is 2.50. The number of nitrogens with zero attached hydrogens (tertiary/aromatic N) is 3. The number of H-pyrrole nitrogens is 1. The maximum atomic E-state index is 12.1. The molecule has 1 amide bonds. The van der Waals surface area contributed by atoms with Crippen LogP contribution in [0, 0.1) is 0 Å². The van der Waals surface area contributed by atoms with Crippen molar-refractivity contribution in [2.75, 3.05) is 7.05 Å². The molecule has 0 aliphatic carbocycles. The van der Waals surface area contributed by atoms with Crippen LogP contribution in [0.5, 0.6) is 0 Å². The molecule has 6 heteroatoms. The number of aryl methyl sites for hydroxylation is 1. The van der Waals surface area contributed by atoms with Crippen LogP contribution in [0.25, 0.3) is 0 Å². The summed E-state index contributed by atoms with van der Waals surface area (Å²) in [7, 11) is 1.80. The Morgan fingerprint density at radius 1 is 1.48 bits per heavy atom. The number of hydrogen-bond donors (Lipinski definition) is 1. The van der Waals surface area contributed by atoms with E-state index in [1.54, 1.807) is 18.1 Å². The second kappa shape index (κ2) is 7.06. The smallest absolute Gasteiger partial charge is 0.222 e. The molecule has 1 N–H and O–H groups in total. The van der Waals surface area contributed by atoms with Crippen molar-refractivity contribution in [2.45, 2.75) is 45.6 Å². The third-order valence-corrected chi connectivity index (χ3v) is 3.38. The van der Waals surface area contributed by atoms with E-state index in [0.29, 0.717) is 18.9 Å². The number of rotatable bonds is 7. The van der Waals surface area contributed by atoms with Gasteiger partial charge in [0.15, 0.2) is 0 Å². The highest BCUT2D eigenvalue weighted by atomic mass is 16.5. The van der Waals surface area contributed by atoms with Gasteiger partial charge in [-0.25, -0.2) is 0 Å². The molecule has 2 aromatic rings. The van der Waals surface area contributed by atoms with Gasteiger partial charge >= 0.3 is 0 Å². The first-order valence-electron chi connectivity index (χ1n) is 7.23. The van der Waals surface area contributed by atoms with E-state index in [1.807, 2.05) is 12.3 Å². The van der Waals surface area contributed by atoms with Crippen LogP contribution < -0.4 is 0 Å². The summed E-state index contributed by atoms with van der Waals surface area (Å²) in [6.07, 6.45) is 5.85. The lowest BCUT2D eigenvalue weighted by Crippen LogP contribution is -2.26. The Balaban J connectivity index is 1.76. The minimum absolute atomic E-state index is 0.118. The van der Waals surface area contributed by atoms with E-state index >= 15 is 0 Å². The summed E-state index contributed by atoms with van der Waals surface area (Å²) >= 11 is 0. The molecular weight excluding hydrogens is 268 g/mol. The van der Waals surface area contributed by atoms with Crippen LogP contribution in [0.15, 0.2) is 23.0 Å². The van der Waals surface area contributed by atoms with Crippen LogP contribution in [-0.2, 0) is 17.8 Å². The van der Waals surface area contributed by atoms with Gasteiger partial charge in [0.25, 0.3) is 0 Å². The van der Waals surface area contributed by atoms with Crippen LogP contribution in [0.2, 0.25) is 0 Å². The highest BCUT2D eigenvalue weighted by molar-refractivity contribution is 5.75. The van der Waals surface area contributed by atoms with Gasteiger partial charge in [0.05, 0.1) is 12.7 Å². The Labute approximate surface area is 124 Å². The molecule has 0 atom stereocenters. The fourth-order valence-electron chi connectivity index (χ4n) is 2.05. The Morgan fingerprint density at radius 3 is 2.90 bits per heavy atom. The van der Waals surface area contributed by atoms with E-state index in [2.05, 4.69) is 29.2 Å². The molecule has 2 heterocycles. The van der Waals surface area contributed by atoms with Gasteiger partial charge in [-0.15, -0.1) is 0 Å². The van der Waals surface area contributed by atoms with Gasteiger partial charge in [0.2, 0.25) is 5.91 Å². The van der Waals surface area contributed by atoms with Crippen molar-refractivity contribution in [1.82, 2.24) is 20.3 Å². The van der Waals surface area contributed by atoms with Gasteiger partial charge < -0.3 is 9.42 Å². The van der Waals surface area contributed by atoms with Crippen LogP contribution in [0.1, 0.15) is 49.6 Å². The Bertz CT molecular complexity index is 560. The van der Waals surface area contributed by atoms with Crippen LogP contribution in [-0.4, -0.2) is 33.2 Å². The Kier molecular flexibility index (Phi) is 5.14. The summed E-state index contributed by atoms with van der Waals surface area (Å²) in [5.41, 5.74) is 1.92. The molecule has 2 rings (SSSR count). The molecule has 0 fully saturated rings. The van der Waals surface area contributed by atoms with E-state index in [-0.39, 0.29) is 5.91 Å². The van der Waals surface area contributed by atoms with E-state index in [0.717, 1.165) is 29.9 Å². The van der Waals surface area contributed by atoms with Gasteiger partial charge in [-0.2, -0.15) is 5.10 Å². The van der Waals surface area contributed by atoms with Gasteiger partial charge in [-0.1, -0.05) is 19.0 Å². The highest BCUT2D eigenvalue weighted by Gasteiger charge is 2.13. The molecule has 21 heavy (non-hydrogen) atoms. The van der Waals surface area contributed by atoms with Crippen molar-refractivity contribution in [3.05, 3.63) is 35.5 Å². The van der Waals surface area contributed by atoms with Crippen molar-refractivity contribution in [2.24, 2.45) is 0 Å². The van der Waals surface area contributed by atoms with E-state index in [9.17, 15) is 4.79 Å². The van der Waals surface area contributed by atoms with E-state index < -0.39 is 0 Å². The average Bonchev–Trinajstić information content (AvgIpc) is 3.09. The summed E-state index contributed by atoms with van der Waals surface area (Å²) in [6.45, 7) is 4.59. The van der Waals surface area contributed by atoms with Gasteiger partial charge in [0, 0.05) is 31.6 Å². The molecule has 2 aromatic heterocycles. The number of aromatic nitrogens is 3. The second-order valence-corrected chi connectivity index (χ2v) is 5.59. The molecule has 0 spiro atoms. The molecule has 0 saturated carbocycles. The maximum absolute atomic E-state index is 12.1. The topological polar surface area (TPSA) is 75.0 Å². The molecule has 114 valence electrons.